The molecule has 1 aliphatic heterocycles. The topological polar surface area (TPSA) is 21.3 Å². The number of ether oxygens (including phenoxy) is 1. The molecule has 2 unspecified atom stereocenters. The van der Waals surface area contributed by atoms with E-state index in [2.05, 4.69) is 26.1 Å². The van der Waals surface area contributed by atoms with Crippen molar-refractivity contribution in [2.24, 2.45) is 11.3 Å². The molecule has 2 heteroatoms. The van der Waals surface area contributed by atoms with Crippen LogP contribution in [0.3, 0.4) is 0 Å². The molecule has 0 bridgehead atoms. The molecule has 0 aromatic carbocycles. The molecule has 0 radical (unpaired) electrons. The van der Waals surface area contributed by atoms with E-state index in [0.717, 1.165) is 19.0 Å². The van der Waals surface area contributed by atoms with E-state index in [1.807, 2.05) is 0 Å². The molecule has 2 nitrogen and oxygen atoms in total. The molecule has 0 spiro atoms. The number of nitrogens with one attached hydrogen (secondary N) is 1. The number of rotatable bonds is 2. The summed E-state index contributed by atoms with van der Waals surface area (Å²) < 4.78 is 6.20. The number of hydrogen-bond donors (Lipinski definition) is 1. The molecule has 15 heavy (non-hydrogen) atoms. The molecule has 1 heterocycles. The van der Waals surface area contributed by atoms with Gasteiger partial charge in [-0.25, -0.2) is 0 Å². The Morgan fingerprint density at radius 2 is 2.00 bits per heavy atom. The van der Waals surface area contributed by atoms with Gasteiger partial charge in [0.1, 0.15) is 0 Å². The first-order chi connectivity index (χ1) is 7.05. The van der Waals surface area contributed by atoms with Crippen molar-refractivity contribution >= 4 is 0 Å². The van der Waals surface area contributed by atoms with E-state index < -0.39 is 0 Å². The van der Waals surface area contributed by atoms with E-state index in [-0.39, 0.29) is 0 Å². The third-order valence-electron chi connectivity index (χ3n) is 3.75. The van der Waals surface area contributed by atoms with Gasteiger partial charge in [-0.1, -0.05) is 20.8 Å². The molecule has 2 aliphatic rings. The summed E-state index contributed by atoms with van der Waals surface area (Å²) in [4.78, 5) is 0. The van der Waals surface area contributed by atoms with Crippen LogP contribution in [0.1, 0.15) is 46.5 Å². The Hall–Kier alpha value is -0.0800. The van der Waals surface area contributed by atoms with Crippen LogP contribution in [0.15, 0.2) is 0 Å². The zero-order chi connectivity index (χ0) is 10.9. The molecule has 2 rings (SSSR count). The zero-order valence-corrected chi connectivity index (χ0v) is 10.4. The Labute approximate surface area is 93.8 Å². The first kappa shape index (κ1) is 11.4. The van der Waals surface area contributed by atoms with E-state index >= 15 is 0 Å². The highest BCUT2D eigenvalue weighted by molar-refractivity contribution is 4.85. The first-order valence-electron chi connectivity index (χ1n) is 6.41. The van der Waals surface area contributed by atoms with Crippen LogP contribution in [0, 0.1) is 11.3 Å². The minimum atomic E-state index is 0.481. The van der Waals surface area contributed by atoms with Gasteiger partial charge in [-0.15, -0.1) is 0 Å². The van der Waals surface area contributed by atoms with Crippen LogP contribution in [0.5, 0.6) is 0 Å². The maximum Gasteiger partial charge on any atom is 0.0715 e. The summed E-state index contributed by atoms with van der Waals surface area (Å²) in [6.45, 7) is 9.32. The summed E-state index contributed by atoms with van der Waals surface area (Å²) in [7, 11) is 0. The fourth-order valence-electron chi connectivity index (χ4n) is 3.38. The Morgan fingerprint density at radius 1 is 1.20 bits per heavy atom. The molecule has 1 aliphatic carbocycles. The van der Waals surface area contributed by atoms with Crippen molar-refractivity contribution in [2.75, 3.05) is 13.1 Å². The monoisotopic (exact) mass is 211 g/mol. The predicted octanol–water partition coefficient (Wildman–Crippen LogP) is 2.58. The van der Waals surface area contributed by atoms with Gasteiger partial charge in [0.25, 0.3) is 0 Å². The lowest BCUT2D eigenvalue weighted by Crippen LogP contribution is -2.35. The highest BCUT2D eigenvalue weighted by Crippen LogP contribution is 2.40. The van der Waals surface area contributed by atoms with Crippen LogP contribution >= 0.6 is 0 Å². The Bertz CT molecular complexity index is 209. The fraction of sp³-hybridized carbons (Fsp3) is 1.00. The first-order valence-corrected chi connectivity index (χ1v) is 6.41. The maximum atomic E-state index is 6.20. The summed E-state index contributed by atoms with van der Waals surface area (Å²) in [5.74, 6) is 0.827. The normalized spacial score (nSPS) is 40.6. The highest BCUT2D eigenvalue weighted by Gasteiger charge is 2.34. The third-order valence-corrected chi connectivity index (χ3v) is 3.75. The molecule has 1 saturated carbocycles. The average molecular weight is 211 g/mol. The van der Waals surface area contributed by atoms with Gasteiger partial charge in [0.05, 0.1) is 12.2 Å². The molecule has 88 valence electrons. The Kier molecular flexibility index (Phi) is 3.36. The summed E-state index contributed by atoms with van der Waals surface area (Å²) in [6.07, 6.45) is 6.05. The van der Waals surface area contributed by atoms with Crippen molar-refractivity contribution in [3.8, 4) is 0 Å². The minimum absolute atomic E-state index is 0.481. The lowest BCUT2D eigenvalue weighted by molar-refractivity contribution is -0.0577. The van der Waals surface area contributed by atoms with Crippen LogP contribution in [0.25, 0.3) is 0 Å². The van der Waals surface area contributed by atoms with Gasteiger partial charge in [-0.2, -0.15) is 0 Å². The smallest absolute Gasteiger partial charge is 0.0715 e. The molecular formula is C13H25NO. The second-order valence-corrected chi connectivity index (χ2v) is 6.29. The quantitative estimate of drug-likeness (QED) is 0.758. The van der Waals surface area contributed by atoms with Crippen LogP contribution in [0.4, 0.5) is 0 Å². The molecular weight excluding hydrogens is 186 g/mol. The van der Waals surface area contributed by atoms with Crippen molar-refractivity contribution in [2.45, 2.75) is 58.7 Å². The van der Waals surface area contributed by atoms with Crippen LogP contribution < -0.4 is 5.32 Å². The van der Waals surface area contributed by atoms with Crippen molar-refractivity contribution in [1.29, 1.82) is 0 Å². The highest BCUT2D eigenvalue weighted by atomic mass is 16.5. The zero-order valence-electron chi connectivity index (χ0n) is 10.4. The molecule has 0 aromatic rings. The molecule has 1 saturated heterocycles. The van der Waals surface area contributed by atoms with Crippen LogP contribution in [-0.2, 0) is 4.74 Å². The van der Waals surface area contributed by atoms with Crippen molar-refractivity contribution in [3.63, 3.8) is 0 Å². The maximum absolute atomic E-state index is 6.20. The summed E-state index contributed by atoms with van der Waals surface area (Å²) in [6, 6.07) is 0. The molecule has 0 aromatic heterocycles. The second kappa shape index (κ2) is 4.42. The molecule has 3 atom stereocenters. The Morgan fingerprint density at radius 3 is 2.60 bits per heavy atom. The standard InChI is InChI=1S/C13H25NO/c1-10-6-12(8-13(2,3)7-10)15-11-4-5-14-9-11/h10-12,14H,4-9H2,1-3H3/t10?,11-,12?/m0/s1. The van der Waals surface area contributed by atoms with Crippen molar-refractivity contribution < 1.29 is 4.74 Å². The largest absolute Gasteiger partial charge is 0.374 e. The van der Waals surface area contributed by atoms with Gasteiger partial charge in [-0.3, -0.25) is 0 Å². The number of hydrogen-bond acceptors (Lipinski definition) is 2. The van der Waals surface area contributed by atoms with Gasteiger partial charge in [-0.05, 0) is 43.6 Å². The predicted molar refractivity (Wildman–Crippen MR) is 62.9 cm³/mol. The van der Waals surface area contributed by atoms with Crippen molar-refractivity contribution in [3.05, 3.63) is 0 Å². The van der Waals surface area contributed by atoms with E-state index in [4.69, 9.17) is 4.74 Å². The van der Waals surface area contributed by atoms with Gasteiger partial charge in [0.15, 0.2) is 0 Å². The van der Waals surface area contributed by atoms with Gasteiger partial charge in [0, 0.05) is 6.54 Å². The SMILES string of the molecule is CC1CC(O[C@H]2CCNC2)CC(C)(C)C1. The summed E-state index contributed by atoms with van der Waals surface area (Å²) in [5, 5.41) is 3.37. The fourth-order valence-corrected chi connectivity index (χ4v) is 3.38. The van der Waals surface area contributed by atoms with Crippen LogP contribution in [-0.4, -0.2) is 25.3 Å². The second-order valence-electron chi connectivity index (χ2n) is 6.29. The van der Waals surface area contributed by atoms with Gasteiger partial charge < -0.3 is 10.1 Å². The summed E-state index contributed by atoms with van der Waals surface area (Å²) >= 11 is 0. The van der Waals surface area contributed by atoms with E-state index in [0.29, 0.717) is 17.6 Å². The van der Waals surface area contributed by atoms with E-state index in [1.165, 1.54) is 25.7 Å². The third kappa shape index (κ3) is 3.18. The lowest BCUT2D eigenvalue weighted by atomic mass is 9.71. The molecule has 1 N–H and O–H groups in total. The van der Waals surface area contributed by atoms with Gasteiger partial charge >= 0.3 is 0 Å². The minimum Gasteiger partial charge on any atom is -0.374 e. The molecule has 0 amide bonds. The Balaban J connectivity index is 1.85. The van der Waals surface area contributed by atoms with Gasteiger partial charge in [0.2, 0.25) is 0 Å². The summed E-state index contributed by atoms with van der Waals surface area (Å²) in [5.41, 5.74) is 0.481. The molecule has 2 fully saturated rings. The van der Waals surface area contributed by atoms with Crippen molar-refractivity contribution in [1.82, 2.24) is 5.32 Å². The van der Waals surface area contributed by atoms with E-state index in [1.54, 1.807) is 0 Å². The average Bonchev–Trinajstić information content (AvgIpc) is 2.52. The van der Waals surface area contributed by atoms with Crippen LogP contribution in [0.2, 0.25) is 0 Å². The van der Waals surface area contributed by atoms with E-state index in [9.17, 15) is 0 Å². The lowest BCUT2D eigenvalue weighted by Gasteiger charge is -2.39.